The predicted molar refractivity (Wildman–Crippen MR) is 124 cm³/mol. The maximum atomic E-state index is 13.7. The smallest absolute Gasteiger partial charge is 0.203 e. The highest BCUT2D eigenvalue weighted by Gasteiger charge is 2.24. The molecule has 0 aliphatic carbocycles. The molecule has 6 nitrogen and oxygen atoms in total. The zero-order valence-electron chi connectivity index (χ0n) is 18.9. The molecule has 0 saturated heterocycles. The van der Waals surface area contributed by atoms with Crippen LogP contribution in [0, 0.1) is 6.92 Å². The molecule has 0 unspecified atom stereocenters. The number of phenols is 1. The fourth-order valence-electron chi connectivity index (χ4n) is 4.37. The first kappa shape index (κ1) is 21.1. The van der Waals surface area contributed by atoms with Crippen LogP contribution in [-0.2, 0) is 20.0 Å². The number of phenolic OH excluding ortho intramolecular Hbond substituents is 1. The molecule has 162 valence electrons. The Morgan fingerprint density at radius 2 is 1.87 bits per heavy atom. The van der Waals surface area contributed by atoms with Gasteiger partial charge in [-0.25, -0.2) is 4.98 Å². The van der Waals surface area contributed by atoms with Crippen LogP contribution in [-0.4, -0.2) is 27.7 Å². The van der Waals surface area contributed by atoms with Crippen molar-refractivity contribution in [2.24, 2.45) is 7.05 Å². The van der Waals surface area contributed by atoms with E-state index >= 15 is 0 Å². The Hall–Kier alpha value is -3.12. The first-order valence-corrected chi connectivity index (χ1v) is 11.0. The van der Waals surface area contributed by atoms with Crippen LogP contribution >= 0.6 is 0 Å². The van der Waals surface area contributed by atoms with Crippen molar-refractivity contribution in [2.45, 2.75) is 40.7 Å². The largest absolute Gasteiger partial charge is 0.507 e. The number of hydrogen-bond acceptors (Lipinski definition) is 4. The van der Waals surface area contributed by atoms with Gasteiger partial charge < -0.3 is 19.0 Å². The fraction of sp³-hybridized carbons (Fsp3) is 0.360. The standard InChI is InChI=1S/C25H29N3O3/c1-6-16-13-17-23(30)21(25-26-19-11-9-10-12-20(19)27(25)5)15(4)31-24(17)18(22(16)29)14-28(7-2)8-3/h9-13,29H,6-8,14H2,1-5H3/p+1. The Morgan fingerprint density at radius 3 is 2.52 bits per heavy atom. The minimum Gasteiger partial charge on any atom is -0.507 e. The van der Waals surface area contributed by atoms with Crippen molar-refractivity contribution in [3.63, 3.8) is 0 Å². The topological polar surface area (TPSA) is 72.7 Å². The third kappa shape index (κ3) is 3.41. The zero-order valence-corrected chi connectivity index (χ0v) is 18.9. The summed E-state index contributed by atoms with van der Waals surface area (Å²) in [5.74, 6) is 1.35. The number of benzene rings is 2. The summed E-state index contributed by atoms with van der Waals surface area (Å²) >= 11 is 0. The van der Waals surface area contributed by atoms with Gasteiger partial charge in [-0.1, -0.05) is 19.1 Å². The number of imidazole rings is 1. The number of aryl methyl sites for hydroxylation is 3. The van der Waals surface area contributed by atoms with Gasteiger partial charge in [-0.3, -0.25) is 4.79 Å². The lowest BCUT2D eigenvalue weighted by molar-refractivity contribution is -0.910. The lowest BCUT2D eigenvalue weighted by atomic mass is 9.99. The van der Waals surface area contributed by atoms with Crippen LogP contribution in [0.25, 0.3) is 33.4 Å². The number of quaternary nitrogens is 1. The van der Waals surface area contributed by atoms with Gasteiger partial charge in [-0.2, -0.15) is 0 Å². The average molecular weight is 421 g/mol. The van der Waals surface area contributed by atoms with Gasteiger partial charge in [0.1, 0.15) is 29.4 Å². The molecule has 0 aliphatic rings. The van der Waals surface area contributed by atoms with E-state index in [2.05, 4.69) is 13.8 Å². The lowest BCUT2D eigenvalue weighted by Gasteiger charge is -2.19. The van der Waals surface area contributed by atoms with E-state index in [-0.39, 0.29) is 11.2 Å². The third-order valence-corrected chi connectivity index (χ3v) is 6.32. The Labute approximate surface area is 181 Å². The number of aromatic hydroxyl groups is 1. The number of aromatic nitrogens is 2. The van der Waals surface area contributed by atoms with Gasteiger partial charge in [-0.15, -0.1) is 0 Å². The highest BCUT2D eigenvalue weighted by molar-refractivity contribution is 5.88. The van der Waals surface area contributed by atoms with E-state index in [1.165, 1.54) is 4.90 Å². The van der Waals surface area contributed by atoms with Crippen molar-refractivity contribution in [3.8, 4) is 17.1 Å². The number of rotatable bonds is 6. The molecule has 0 amide bonds. The van der Waals surface area contributed by atoms with E-state index in [0.29, 0.717) is 46.6 Å². The molecule has 0 fully saturated rings. The number of para-hydroxylation sites is 2. The normalized spacial score (nSPS) is 11.8. The van der Waals surface area contributed by atoms with Crippen molar-refractivity contribution >= 4 is 22.0 Å². The van der Waals surface area contributed by atoms with Gasteiger partial charge in [0.05, 0.1) is 35.1 Å². The summed E-state index contributed by atoms with van der Waals surface area (Å²) in [7, 11) is 1.91. The van der Waals surface area contributed by atoms with Gasteiger partial charge in [0, 0.05) is 7.05 Å². The first-order chi connectivity index (χ1) is 14.9. The summed E-state index contributed by atoms with van der Waals surface area (Å²) in [4.78, 5) is 19.8. The molecule has 0 aliphatic heterocycles. The molecule has 2 N–H and O–H groups in total. The molecule has 4 aromatic rings. The van der Waals surface area contributed by atoms with Gasteiger partial charge >= 0.3 is 0 Å². The highest BCUT2D eigenvalue weighted by Crippen LogP contribution is 2.33. The van der Waals surface area contributed by atoms with Crippen molar-refractivity contribution in [1.82, 2.24) is 9.55 Å². The quantitative estimate of drug-likeness (QED) is 0.502. The second-order valence-corrected chi connectivity index (χ2v) is 8.07. The molecule has 0 atom stereocenters. The molecule has 2 aromatic heterocycles. The molecule has 0 spiro atoms. The molecule has 0 saturated carbocycles. The van der Waals surface area contributed by atoms with Crippen molar-refractivity contribution in [3.05, 3.63) is 57.4 Å². The molecule has 2 aromatic carbocycles. The predicted octanol–water partition coefficient (Wildman–Crippen LogP) is 3.35. The van der Waals surface area contributed by atoms with Crippen LogP contribution in [0.3, 0.4) is 0 Å². The zero-order chi connectivity index (χ0) is 22.3. The van der Waals surface area contributed by atoms with Crippen molar-refractivity contribution < 1.29 is 14.4 Å². The van der Waals surface area contributed by atoms with E-state index in [1.54, 1.807) is 13.0 Å². The van der Waals surface area contributed by atoms with Crippen molar-refractivity contribution in [1.29, 1.82) is 0 Å². The Balaban J connectivity index is 2.03. The van der Waals surface area contributed by atoms with Crippen LogP contribution < -0.4 is 10.3 Å². The number of nitrogens with zero attached hydrogens (tertiary/aromatic N) is 2. The number of hydrogen-bond donors (Lipinski definition) is 2. The second-order valence-electron chi connectivity index (χ2n) is 8.07. The van der Waals surface area contributed by atoms with Gasteiger partial charge in [0.2, 0.25) is 5.43 Å². The first-order valence-electron chi connectivity index (χ1n) is 11.0. The Kier molecular flexibility index (Phi) is 5.58. The lowest BCUT2D eigenvalue weighted by Crippen LogP contribution is -3.10. The van der Waals surface area contributed by atoms with E-state index < -0.39 is 0 Å². The van der Waals surface area contributed by atoms with Gasteiger partial charge in [0.25, 0.3) is 0 Å². The highest BCUT2D eigenvalue weighted by atomic mass is 16.3. The van der Waals surface area contributed by atoms with Gasteiger partial charge in [-0.05, 0) is 51.0 Å². The second kappa shape index (κ2) is 8.19. The molecule has 4 rings (SSSR count). The maximum Gasteiger partial charge on any atom is 0.203 e. The van der Waals surface area contributed by atoms with Crippen LogP contribution in [0.5, 0.6) is 5.75 Å². The number of nitrogens with one attached hydrogen (secondary N) is 1. The number of fused-ring (bicyclic) bond motifs is 2. The summed E-state index contributed by atoms with van der Waals surface area (Å²) in [6.45, 7) is 10.5. The van der Waals surface area contributed by atoms with Crippen molar-refractivity contribution in [2.75, 3.05) is 13.1 Å². The molecule has 2 heterocycles. The molecule has 0 radical (unpaired) electrons. The summed E-state index contributed by atoms with van der Waals surface area (Å²) < 4.78 is 8.19. The molecule has 0 bridgehead atoms. The van der Waals surface area contributed by atoms with E-state index in [0.717, 1.165) is 29.7 Å². The summed E-state index contributed by atoms with van der Waals surface area (Å²) in [5, 5.41) is 11.4. The monoisotopic (exact) mass is 420 g/mol. The molecular formula is C25H30N3O3+. The summed E-state index contributed by atoms with van der Waals surface area (Å²) in [5.41, 5.74) is 4.12. The van der Waals surface area contributed by atoms with Crippen LogP contribution in [0.4, 0.5) is 0 Å². The third-order valence-electron chi connectivity index (χ3n) is 6.32. The summed E-state index contributed by atoms with van der Waals surface area (Å²) in [6.07, 6.45) is 0.636. The SMILES string of the molecule is CCc1cc2c(=O)c(-c3nc4ccccc4n3C)c(C)oc2c(C[NH+](CC)CC)c1O. The van der Waals surface area contributed by atoms with Crippen LogP contribution in [0.2, 0.25) is 0 Å². The van der Waals surface area contributed by atoms with E-state index in [1.807, 2.05) is 42.8 Å². The Morgan fingerprint density at radius 1 is 1.16 bits per heavy atom. The molecule has 31 heavy (non-hydrogen) atoms. The molecular weight excluding hydrogens is 390 g/mol. The van der Waals surface area contributed by atoms with E-state index in [4.69, 9.17) is 9.40 Å². The average Bonchev–Trinajstić information content (AvgIpc) is 3.09. The fourth-order valence-corrected chi connectivity index (χ4v) is 4.37. The minimum atomic E-state index is -0.109. The Bertz CT molecular complexity index is 1330. The summed E-state index contributed by atoms with van der Waals surface area (Å²) in [6, 6.07) is 9.61. The van der Waals surface area contributed by atoms with Gasteiger partial charge in [0.15, 0.2) is 5.58 Å². The maximum absolute atomic E-state index is 13.7. The van der Waals surface area contributed by atoms with Crippen LogP contribution in [0.1, 0.15) is 37.7 Å². The van der Waals surface area contributed by atoms with E-state index in [9.17, 15) is 9.90 Å². The minimum absolute atomic E-state index is 0.109. The molecule has 6 heteroatoms. The van der Waals surface area contributed by atoms with Crippen LogP contribution in [0.15, 0.2) is 39.5 Å².